The van der Waals surface area contributed by atoms with Gasteiger partial charge in [0.05, 0.1) is 26.2 Å². The van der Waals surface area contributed by atoms with E-state index in [9.17, 15) is 0 Å². The Balaban J connectivity index is 1.94. The summed E-state index contributed by atoms with van der Waals surface area (Å²) in [4.78, 5) is 0. The van der Waals surface area contributed by atoms with Gasteiger partial charge in [0.25, 0.3) is 0 Å². The number of hydrogen-bond donors (Lipinski definition) is 0. The molecule has 0 aromatic heterocycles. The molecule has 0 aromatic carbocycles. The van der Waals surface area contributed by atoms with Crippen molar-refractivity contribution < 1.29 is 9.22 Å². The van der Waals surface area contributed by atoms with E-state index in [4.69, 9.17) is 4.74 Å². The molecule has 0 aliphatic carbocycles. The fourth-order valence-corrected chi connectivity index (χ4v) is 2.36. The summed E-state index contributed by atoms with van der Waals surface area (Å²) in [5, 5.41) is 0. The second kappa shape index (κ2) is 3.11. The molecule has 0 atom stereocenters. The maximum atomic E-state index is 5.54. The minimum absolute atomic E-state index is 1.00. The summed E-state index contributed by atoms with van der Waals surface area (Å²) in [6.07, 6.45) is 5.56. The van der Waals surface area contributed by atoms with Crippen LogP contribution in [0.5, 0.6) is 0 Å². The molecule has 0 bridgehead atoms. The molecule has 0 amide bonds. The van der Waals surface area contributed by atoms with E-state index in [1.54, 1.807) is 0 Å². The first-order chi connectivity index (χ1) is 5.41. The molecule has 2 aliphatic rings. The Morgan fingerprint density at radius 3 is 2.18 bits per heavy atom. The van der Waals surface area contributed by atoms with Gasteiger partial charge < -0.3 is 9.22 Å². The van der Waals surface area contributed by atoms with Gasteiger partial charge in [0.2, 0.25) is 0 Å². The molecule has 2 rings (SSSR count). The number of ether oxygens (including phenoxy) is 1. The van der Waals surface area contributed by atoms with Crippen LogP contribution in [0.2, 0.25) is 0 Å². The summed E-state index contributed by atoms with van der Waals surface area (Å²) in [5.41, 5.74) is 0. The van der Waals surface area contributed by atoms with E-state index in [2.05, 4.69) is 0 Å². The molecule has 0 N–H and O–H groups in total. The van der Waals surface area contributed by atoms with Crippen LogP contribution in [0.15, 0.2) is 0 Å². The Kier molecular flexibility index (Phi) is 2.14. The third-order valence-corrected chi connectivity index (χ3v) is 3.05. The third kappa shape index (κ3) is 1.57. The molecule has 0 saturated carbocycles. The summed E-state index contributed by atoms with van der Waals surface area (Å²) in [7, 11) is 0. The quantitative estimate of drug-likeness (QED) is 0.481. The molecule has 1 spiro atoms. The Hall–Kier alpha value is -0.0800. The van der Waals surface area contributed by atoms with E-state index in [0.29, 0.717) is 0 Å². The maximum absolute atomic E-state index is 5.54. The standard InChI is InChI=1S/C9H18NO/c1-2-5-10(6-3-1)7-4-8-11-9-10/h1-9H2/q+1. The van der Waals surface area contributed by atoms with Crippen molar-refractivity contribution in [2.45, 2.75) is 25.7 Å². The van der Waals surface area contributed by atoms with Gasteiger partial charge in [-0.25, -0.2) is 0 Å². The van der Waals surface area contributed by atoms with Crippen LogP contribution in [-0.4, -0.2) is 37.5 Å². The molecule has 11 heavy (non-hydrogen) atoms. The van der Waals surface area contributed by atoms with E-state index >= 15 is 0 Å². The Morgan fingerprint density at radius 1 is 0.818 bits per heavy atom. The van der Waals surface area contributed by atoms with E-state index in [1.807, 2.05) is 0 Å². The first kappa shape index (κ1) is 7.56. The number of quaternary nitrogens is 1. The average Bonchev–Trinajstić information content (AvgIpc) is 2.07. The van der Waals surface area contributed by atoms with Gasteiger partial charge in [-0.15, -0.1) is 0 Å². The Bertz CT molecular complexity index is 104. The van der Waals surface area contributed by atoms with E-state index < -0.39 is 0 Å². The van der Waals surface area contributed by atoms with E-state index in [-0.39, 0.29) is 0 Å². The summed E-state index contributed by atoms with van der Waals surface area (Å²) < 4.78 is 6.81. The van der Waals surface area contributed by atoms with Crippen molar-refractivity contribution in [1.29, 1.82) is 0 Å². The van der Waals surface area contributed by atoms with Gasteiger partial charge in [-0.2, -0.15) is 0 Å². The van der Waals surface area contributed by atoms with Crippen molar-refractivity contribution in [3.8, 4) is 0 Å². The predicted octanol–water partition coefficient (Wildman–Crippen LogP) is 1.36. The van der Waals surface area contributed by atoms with Crippen LogP contribution in [0, 0.1) is 0 Å². The lowest BCUT2D eigenvalue weighted by molar-refractivity contribution is -0.956. The number of rotatable bonds is 0. The van der Waals surface area contributed by atoms with Crippen molar-refractivity contribution >= 4 is 0 Å². The molecular weight excluding hydrogens is 138 g/mol. The highest BCUT2D eigenvalue weighted by molar-refractivity contribution is 4.54. The van der Waals surface area contributed by atoms with E-state index in [0.717, 1.165) is 13.3 Å². The lowest BCUT2D eigenvalue weighted by Crippen LogP contribution is -2.55. The minimum Gasteiger partial charge on any atom is -0.331 e. The monoisotopic (exact) mass is 156 g/mol. The topological polar surface area (TPSA) is 9.23 Å². The van der Waals surface area contributed by atoms with Gasteiger partial charge in [0, 0.05) is 6.42 Å². The summed E-state index contributed by atoms with van der Waals surface area (Å²) in [6, 6.07) is 0. The lowest BCUT2D eigenvalue weighted by atomic mass is 10.1. The highest BCUT2D eigenvalue weighted by Crippen LogP contribution is 2.21. The molecule has 2 heteroatoms. The van der Waals surface area contributed by atoms with Gasteiger partial charge in [-0.05, 0) is 19.3 Å². The van der Waals surface area contributed by atoms with Crippen LogP contribution >= 0.6 is 0 Å². The fraction of sp³-hybridized carbons (Fsp3) is 1.00. The van der Waals surface area contributed by atoms with Crippen molar-refractivity contribution in [3.05, 3.63) is 0 Å². The molecular formula is C9H18NO+. The molecule has 0 aromatic rings. The Labute approximate surface area is 68.7 Å². The van der Waals surface area contributed by atoms with Crippen LogP contribution < -0.4 is 0 Å². The van der Waals surface area contributed by atoms with Crippen molar-refractivity contribution in [2.75, 3.05) is 33.0 Å². The summed E-state index contributed by atoms with van der Waals surface area (Å²) in [6.45, 7) is 6.12. The van der Waals surface area contributed by atoms with Crippen LogP contribution in [0.25, 0.3) is 0 Å². The van der Waals surface area contributed by atoms with Crippen molar-refractivity contribution in [2.24, 2.45) is 0 Å². The SMILES string of the molecule is C1CC[N+]2(CC1)CCCOC2. The first-order valence-corrected chi connectivity index (χ1v) is 4.84. The fourth-order valence-electron chi connectivity index (χ4n) is 2.36. The van der Waals surface area contributed by atoms with Gasteiger partial charge >= 0.3 is 0 Å². The normalized spacial score (nSPS) is 30.5. The molecule has 0 unspecified atom stereocenters. The van der Waals surface area contributed by atoms with Crippen LogP contribution in [0.3, 0.4) is 0 Å². The molecule has 2 heterocycles. The largest absolute Gasteiger partial charge is 0.331 e. The highest BCUT2D eigenvalue weighted by Gasteiger charge is 2.31. The zero-order chi connectivity index (χ0) is 7.57. The molecule has 64 valence electrons. The van der Waals surface area contributed by atoms with Crippen molar-refractivity contribution in [1.82, 2.24) is 0 Å². The van der Waals surface area contributed by atoms with Gasteiger partial charge in [0.15, 0.2) is 6.73 Å². The zero-order valence-corrected chi connectivity index (χ0v) is 7.22. The number of piperidine rings is 1. The average molecular weight is 156 g/mol. The summed E-state index contributed by atoms with van der Waals surface area (Å²) >= 11 is 0. The van der Waals surface area contributed by atoms with Gasteiger partial charge in [-0.1, -0.05) is 0 Å². The zero-order valence-electron chi connectivity index (χ0n) is 7.22. The molecule has 0 radical (unpaired) electrons. The molecule has 2 saturated heterocycles. The van der Waals surface area contributed by atoms with Crippen LogP contribution in [0.4, 0.5) is 0 Å². The second-order valence-corrected chi connectivity index (χ2v) is 3.96. The third-order valence-electron chi connectivity index (χ3n) is 3.05. The smallest absolute Gasteiger partial charge is 0.183 e. The predicted molar refractivity (Wildman–Crippen MR) is 44.1 cm³/mol. The molecule has 2 fully saturated rings. The first-order valence-electron chi connectivity index (χ1n) is 4.84. The van der Waals surface area contributed by atoms with Crippen molar-refractivity contribution in [3.63, 3.8) is 0 Å². The lowest BCUT2D eigenvalue weighted by Gasteiger charge is -2.43. The van der Waals surface area contributed by atoms with Crippen LogP contribution in [0.1, 0.15) is 25.7 Å². The van der Waals surface area contributed by atoms with E-state index in [1.165, 1.54) is 49.8 Å². The van der Waals surface area contributed by atoms with Crippen LogP contribution in [-0.2, 0) is 4.74 Å². The number of hydrogen-bond acceptors (Lipinski definition) is 1. The van der Waals surface area contributed by atoms with Gasteiger partial charge in [0.1, 0.15) is 0 Å². The molecule has 2 aliphatic heterocycles. The summed E-state index contributed by atoms with van der Waals surface area (Å²) in [5.74, 6) is 0. The molecule has 2 nitrogen and oxygen atoms in total. The highest BCUT2D eigenvalue weighted by atomic mass is 16.5. The van der Waals surface area contributed by atoms with Gasteiger partial charge in [-0.3, -0.25) is 0 Å². The minimum atomic E-state index is 1.00. The maximum Gasteiger partial charge on any atom is 0.183 e. The Morgan fingerprint density at radius 2 is 1.55 bits per heavy atom. The second-order valence-electron chi connectivity index (χ2n) is 3.96. The number of nitrogens with zero attached hydrogens (tertiary/aromatic N) is 1.